The van der Waals surface area contributed by atoms with Gasteiger partial charge in [0.05, 0.1) is 35.4 Å². The van der Waals surface area contributed by atoms with E-state index in [9.17, 15) is 4.79 Å². The predicted octanol–water partition coefficient (Wildman–Crippen LogP) is 1.92. The first-order valence-electron chi connectivity index (χ1n) is 5.81. The zero-order valence-electron chi connectivity index (χ0n) is 10.7. The minimum atomic E-state index is -0.243. The molecule has 0 aliphatic rings. The molecular weight excluding hydrogens is 266 g/mol. The fourth-order valence-corrected chi connectivity index (χ4v) is 1.77. The average Bonchev–Trinajstić information content (AvgIpc) is 2.41. The fraction of sp³-hybridized carbons (Fsp3) is 0.385. The monoisotopic (exact) mass is 281 g/mol. The van der Waals surface area contributed by atoms with Crippen LogP contribution in [0.2, 0.25) is 5.02 Å². The Kier molecular flexibility index (Phi) is 6.13. The maximum Gasteiger partial charge on any atom is 0.256 e. The summed E-state index contributed by atoms with van der Waals surface area (Å²) in [6, 6.07) is 6.93. The number of ether oxygens (including phenoxy) is 1. The molecule has 1 aromatic rings. The van der Waals surface area contributed by atoms with Crippen molar-refractivity contribution in [1.82, 2.24) is 4.90 Å². The van der Waals surface area contributed by atoms with Gasteiger partial charge in [0.15, 0.2) is 0 Å². The van der Waals surface area contributed by atoms with Crippen LogP contribution in [0, 0.1) is 11.3 Å². The zero-order valence-corrected chi connectivity index (χ0v) is 11.5. The van der Waals surface area contributed by atoms with E-state index in [1.807, 2.05) is 6.07 Å². The number of nitrogen functional groups attached to an aromatic ring is 1. The number of nitrogens with two attached hydrogens (primary N) is 1. The van der Waals surface area contributed by atoms with Gasteiger partial charge in [-0.1, -0.05) is 17.7 Å². The van der Waals surface area contributed by atoms with Gasteiger partial charge in [-0.15, -0.1) is 0 Å². The molecule has 19 heavy (non-hydrogen) atoms. The lowest BCUT2D eigenvalue weighted by Crippen LogP contribution is -2.35. The number of para-hydroxylation sites is 1. The van der Waals surface area contributed by atoms with Gasteiger partial charge in [0.25, 0.3) is 5.91 Å². The molecule has 5 nitrogen and oxygen atoms in total. The molecule has 0 spiro atoms. The summed E-state index contributed by atoms with van der Waals surface area (Å²) >= 11 is 5.90. The number of carbonyl (C=O) groups excluding carboxylic acids is 1. The van der Waals surface area contributed by atoms with E-state index in [0.29, 0.717) is 30.3 Å². The second-order valence-corrected chi connectivity index (χ2v) is 4.30. The molecule has 0 bridgehead atoms. The van der Waals surface area contributed by atoms with E-state index in [4.69, 9.17) is 27.3 Å². The van der Waals surface area contributed by atoms with Crippen LogP contribution in [-0.4, -0.2) is 37.6 Å². The SMILES string of the molecule is COCCN(CCC#N)C(=O)c1cccc(Cl)c1N. The molecule has 0 aromatic heterocycles. The number of rotatable bonds is 6. The van der Waals surface area contributed by atoms with E-state index in [-0.39, 0.29) is 18.0 Å². The van der Waals surface area contributed by atoms with E-state index in [1.54, 1.807) is 25.3 Å². The third-order valence-electron chi connectivity index (χ3n) is 2.63. The molecule has 0 fully saturated rings. The molecule has 0 aliphatic heterocycles. The summed E-state index contributed by atoms with van der Waals surface area (Å²) in [6.07, 6.45) is 0.260. The van der Waals surface area contributed by atoms with Crippen molar-refractivity contribution in [2.45, 2.75) is 6.42 Å². The van der Waals surface area contributed by atoms with Crippen LogP contribution in [0.1, 0.15) is 16.8 Å². The number of benzene rings is 1. The molecular formula is C13H16ClN3O2. The third-order valence-corrected chi connectivity index (χ3v) is 2.96. The number of anilines is 1. The Morgan fingerprint density at radius 1 is 1.53 bits per heavy atom. The average molecular weight is 282 g/mol. The summed E-state index contributed by atoms with van der Waals surface area (Å²) in [4.78, 5) is 13.9. The van der Waals surface area contributed by atoms with Gasteiger partial charge >= 0.3 is 0 Å². The maximum atomic E-state index is 12.4. The molecule has 1 amide bonds. The van der Waals surface area contributed by atoms with Gasteiger partial charge in [-0.2, -0.15) is 5.26 Å². The summed E-state index contributed by atoms with van der Waals surface area (Å²) in [7, 11) is 1.56. The van der Waals surface area contributed by atoms with Crippen LogP contribution in [0.15, 0.2) is 18.2 Å². The van der Waals surface area contributed by atoms with Gasteiger partial charge in [-0.3, -0.25) is 4.79 Å². The van der Waals surface area contributed by atoms with Crippen LogP contribution in [0.25, 0.3) is 0 Å². The van der Waals surface area contributed by atoms with Gasteiger partial charge in [0, 0.05) is 20.2 Å². The minimum Gasteiger partial charge on any atom is -0.397 e. The van der Waals surface area contributed by atoms with Crippen molar-refractivity contribution in [2.24, 2.45) is 0 Å². The number of hydrogen-bond acceptors (Lipinski definition) is 4. The zero-order chi connectivity index (χ0) is 14.3. The molecule has 1 rings (SSSR count). The lowest BCUT2D eigenvalue weighted by Gasteiger charge is -2.22. The van der Waals surface area contributed by atoms with Gasteiger partial charge in [0.1, 0.15) is 0 Å². The van der Waals surface area contributed by atoms with E-state index in [0.717, 1.165) is 0 Å². The molecule has 0 saturated carbocycles. The molecule has 0 saturated heterocycles. The first kappa shape index (κ1) is 15.3. The van der Waals surface area contributed by atoms with Crippen molar-refractivity contribution >= 4 is 23.2 Å². The van der Waals surface area contributed by atoms with Crippen LogP contribution in [0.3, 0.4) is 0 Å². The summed E-state index contributed by atoms with van der Waals surface area (Å²) in [5, 5.41) is 8.97. The molecule has 0 atom stereocenters. The Morgan fingerprint density at radius 3 is 2.89 bits per heavy atom. The maximum absolute atomic E-state index is 12.4. The number of halogens is 1. The summed E-state index contributed by atoms with van der Waals surface area (Å²) in [5.74, 6) is -0.243. The van der Waals surface area contributed by atoms with Crippen molar-refractivity contribution in [3.05, 3.63) is 28.8 Å². The Morgan fingerprint density at radius 2 is 2.26 bits per heavy atom. The molecule has 2 N–H and O–H groups in total. The van der Waals surface area contributed by atoms with Gasteiger partial charge in [0.2, 0.25) is 0 Å². The molecule has 1 aromatic carbocycles. The van der Waals surface area contributed by atoms with Crippen molar-refractivity contribution in [1.29, 1.82) is 5.26 Å². The highest BCUT2D eigenvalue weighted by atomic mass is 35.5. The number of carbonyl (C=O) groups is 1. The van der Waals surface area contributed by atoms with Crippen LogP contribution < -0.4 is 5.73 Å². The van der Waals surface area contributed by atoms with Crippen LogP contribution in [0.4, 0.5) is 5.69 Å². The van der Waals surface area contributed by atoms with Gasteiger partial charge in [-0.05, 0) is 12.1 Å². The van der Waals surface area contributed by atoms with Crippen LogP contribution in [-0.2, 0) is 4.74 Å². The molecule has 0 heterocycles. The number of hydrogen-bond donors (Lipinski definition) is 1. The third kappa shape index (κ3) is 4.12. The smallest absolute Gasteiger partial charge is 0.256 e. The van der Waals surface area contributed by atoms with E-state index >= 15 is 0 Å². The minimum absolute atomic E-state index is 0.243. The first-order valence-corrected chi connectivity index (χ1v) is 6.18. The van der Waals surface area contributed by atoms with Crippen LogP contribution >= 0.6 is 11.6 Å². The van der Waals surface area contributed by atoms with Crippen molar-refractivity contribution in [3.63, 3.8) is 0 Å². The Balaban J connectivity index is 2.91. The number of amides is 1. The largest absolute Gasteiger partial charge is 0.397 e. The van der Waals surface area contributed by atoms with Crippen molar-refractivity contribution in [2.75, 3.05) is 32.5 Å². The summed E-state index contributed by atoms with van der Waals surface area (Å²) < 4.78 is 4.96. The Labute approximate surface area is 117 Å². The quantitative estimate of drug-likeness (QED) is 0.808. The number of nitrogens with zero attached hydrogens (tertiary/aromatic N) is 2. The second-order valence-electron chi connectivity index (χ2n) is 3.89. The Bertz CT molecular complexity index is 485. The van der Waals surface area contributed by atoms with Crippen molar-refractivity contribution in [3.8, 4) is 6.07 Å². The van der Waals surface area contributed by atoms with E-state index in [2.05, 4.69) is 0 Å². The number of nitriles is 1. The van der Waals surface area contributed by atoms with Gasteiger partial charge in [-0.25, -0.2) is 0 Å². The highest BCUT2D eigenvalue weighted by Gasteiger charge is 2.18. The molecule has 0 radical (unpaired) electrons. The lowest BCUT2D eigenvalue weighted by molar-refractivity contribution is 0.0701. The molecule has 0 unspecified atom stereocenters. The molecule has 0 aliphatic carbocycles. The standard InChI is InChI=1S/C13H16ClN3O2/c1-19-9-8-17(7-3-6-15)13(18)10-4-2-5-11(14)12(10)16/h2,4-5H,3,7-9,16H2,1H3. The van der Waals surface area contributed by atoms with Crippen molar-refractivity contribution < 1.29 is 9.53 Å². The highest BCUT2D eigenvalue weighted by molar-refractivity contribution is 6.33. The first-order chi connectivity index (χ1) is 9.11. The highest BCUT2D eigenvalue weighted by Crippen LogP contribution is 2.23. The summed E-state index contributed by atoms with van der Waals surface area (Å²) in [6.45, 7) is 1.14. The van der Waals surface area contributed by atoms with Crippen LogP contribution in [0.5, 0.6) is 0 Å². The predicted molar refractivity (Wildman–Crippen MR) is 73.9 cm³/mol. The fourth-order valence-electron chi connectivity index (χ4n) is 1.60. The molecule has 6 heteroatoms. The van der Waals surface area contributed by atoms with E-state index < -0.39 is 0 Å². The number of methoxy groups -OCH3 is 1. The lowest BCUT2D eigenvalue weighted by atomic mass is 10.1. The second kappa shape index (κ2) is 7.62. The molecule has 102 valence electrons. The Hall–Kier alpha value is -1.77. The normalized spacial score (nSPS) is 9.95. The van der Waals surface area contributed by atoms with Gasteiger partial charge < -0.3 is 15.4 Å². The summed E-state index contributed by atoms with van der Waals surface area (Å²) in [5.41, 5.74) is 6.41. The topological polar surface area (TPSA) is 79.3 Å². The van der Waals surface area contributed by atoms with E-state index in [1.165, 1.54) is 4.90 Å².